The first-order valence-corrected chi connectivity index (χ1v) is 10.5. The van der Waals surface area contributed by atoms with Crippen LogP contribution in [-0.4, -0.2) is 50.4 Å². The summed E-state index contributed by atoms with van der Waals surface area (Å²) in [7, 11) is 0.865. The predicted octanol–water partition coefficient (Wildman–Crippen LogP) is 1.75. The third-order valence-corrected chi connectivity index (χ3v) is 5.32. The molecule has 0 saturated heterocycles. The molecule has 28 heavy (non-hydrogen) atoms. The second kappa shape index (κ2) is 12.2. The minimum absolute atomic E-state index is 0. The molecule has 0 aliphatic rings. The first kappa shape index (κ1) is 24.6. The highest BCUT2D eigenvalue weighted by Crippen LogP contribution is 2.19. The smallest absolute Gasteiger partial charge is 0.191 e. The molecule has 3 N–H and O–H groups in total. The number of nitrogens with one attached hydrogen (secondary N) is 2. The zero-order chi connectivity index (χ0) is 19.7. The van der Waals surface area contributed by atoms with Gasteiger partial charge in [0.2, 0.25) is 0 Å². The van der Waals surface area contributed by atoms with Gasteiger partial charge < -0.3 is 15.7 Å². The van der Waals surface area contributed by atoms with Crippen molar-refractivity contribution in [3.63, 3.8) is 0 Å². The zero-order valence-electron chi connectivity index (χ0n) is 16.6. The Bertz CT molecular complexity index is 765. The van der Waals surface area contributed by atoms with Crippen LogP contribution in [0.1, 0.15) is 25.0 Å². The molecule has 1 heterocycles. The fourth-order valence-electron chi connectivity index (χ4n) is 2.48. The van der Waals surface area contributed by atoms with Crippen LogP contribution in [0.15, 0.2) is 47.7 Å². The van der Waals surface area contributed by atoms with E-state index in [9.17, 15) is 9.32 Å². The van der Waals surface area contributed by atoms with Gasteiger partial charge in [0.05, 0.1) is 12.7 Å². The van der Waals surface area contributed by atoms with E-state index in [4.69, 9.17) is 0 Å². The highest BCUT2D eigenvalue weighted by atomic mass is 127. The average molecular weight is 519 g/mol. The lowest BCUT2D eigenvalue weighted by Gasteiger charge is -2.20. The summed E-state index contributed by atoms with van der Waals surface area (Å²) in [6.07, 6.45) is 3.42. The van der Waals surface area contributed by atoms with Crippen LogP contribution in [0.2, 0.25) is 0 Å². The van der Waals surface area contributed by atoms with Crippen molar-refractivity contribution >= 4 is 40.7 Å². The molecule has 1 aromatic heterocycles. The number of halogens is 1. The van der Waals surface area contributed by atoms with E-state index in [0.29, 0.717) is 36.1 Å². The summed E-state index contributed by atoms with van der Waals surface area (Å²) >= 11 is 0. The highest BCUT2D eigenvalue weighted by molar-refractivity contribution is 14.0. The Morgan fingerprint density at radius 1 is 1.32 bits per heavy atom. The van der Waals surface area contributed by atoms with Crippen molar-refractivity contribution in [1.29, 1.82) is 0 Å². The molecule has 156 valence electrons. The molecule has 2 atom stereocenters. The molecular formula is C19H30IN5O2S. The van der Waals surface area contributed by atoms with Gasteiger partial charge in [-0.2, -0.15) is 5.10 Å². The van der Waals surface area contributed by atoms with Gasteiger partial charge in [-0.1, -0.05) is 30.3 Å². The van der Waals surface area contributed by atoms with Crippen molar-refractivity contribution in [2.45, 2.75) is 25.2 Å². The number of nitrogens with zero attached hydrogens (tertiary/aromatic N) is 3. The van der Waals surface area contributed by atoms with Crippen LogP contribution in [0.3, 0.4) is 0 Å². The number of aliphatic imine (C=N–C) groups is 1. The molecular weight excluding hydrogens is 489 g/mol. The van der Waals surface area contributed by atoms with Crippen LogP contribution >= 0.6 is 24.0 Å². The van der Waals surface area contributed by atoms with Crippen molar-refractivity contribution in [2.24, 2.45) is 12.0 Å². The maximum atomic E-state index is 12.2. The molecule has 0 bridgehead atoms. The Kier molecular flexibility index (Phi) is 10.7. The number of guanidine groups is 1. The molecule has 0 spiro atoms. The van der Waals surface area contributed by atoms with Crippen molar-refractivity contribution < 1.29 is 9.32 Å². The van der Waals surface area contributed by atoms with E-state index in [-0.39, 0.29) is 30.5 Å². The summed E-state index contributed by atoms with van der Waals surface area (Å²) in [5.41, 5.74) is 0.685. The molecule has 0 radical (unpaired) electrons. The SMILES string of the molecule is CCNC(=NCC(C)(O)c1cnn(C)c1)NCCS(=O)Cc1ccccc1.I. The quantitative estimate of drug-likeness (QED) is 0.267. The molecule has 7 nitrogen and oxygen atoms in total. The molecule has 0 aliphatic carbocycles. The Balaban J connectivity index is 0.00000392. The Hall–Kier alpha value is -1.46. The van der Waals surface area contributed by atoms with E-state index >= 15 is 0 Å². The van der Waals surface area contributed by atoms with Gasteiger partial charge in [-0.05, 0) is 19.4 Å². The Morgan fingerprint density at radius 2 is 2.04 bits per heavy atom. The van der Waals surface area contributed by atoms with Crippen molar-refractivity contribution in [3.8, 4) is 0 Å². The second-order valence-corrected chi connectivity index (χ2v) is 8.15. The Morgan fingerprint density at radius 3 is 2.64 bits per heavy atom. The molecule has 2 rings (SSSR count). The molecule has 0 amide bonds. The zero-order valence-corrected chi connectivity index (χ0v) is 19.7. The fraction of sp³-hybridized carbons (Fsp3) is 0.474. The van der Waals surface area contributed by atoms with E-state index in [1.165, 1.54) is 0 Å². The number of aryl methyl sites for hydroxylation is 1. The van der Waals surface area contributed by atoms with E-state index < -0.39 is 16.4 Å². The summed E-state index contributed by atoms with van der Waals surface area (Å²) in [6, 6.07) is 9.83. The number of rotatable bonds is 9. The van der Waals surface area contributed by atoms with Gasteiger partial charge in [-0.3, -0.25) is 8.89 Å². The van der Waals surface area contributed by atoms with Gasteiger partial charge in [0.15, 0.2) is 5.96 Å². The van der Waals surface area contributed by atoms with Gasteiger partial charge in [0.25, 0.3) is 0 Å². The number of hydrogen-bond acceptors (Lipinski definition) is 4. The first-order valence-electron chi connectivity index (χ1n) is 9.03. The van der Waals surface area contributed by atoms with Crippen LogP contribution in [-0.2, 0) is 29.2 Å². The highest BCUT2D eigenvalue weighted by Gasteiger charge is 2.24. The normalized spacial score (nSPS) is 14.6. The fourth-order valence-corrected chi connectivity index (χ4v) is 3.52. The predicted molar refractivity (Wildman–Crippen MR) is 125 cm³/mol. The van der Waals surface area contributed by atoms with Crippen LogP contribution in [0, 0.1) is 0 Å². The van der Waals surface area contributed by atoms with E-state index in [1.54, 1.807) is 24.0 Å². The largest absolute Gasteiger partial charge is 0.383 e. The third kappa shape index (κ3) is 8.27. The number of benzene rings is 1. The molecule has 2 aromatic rings. The topological polar surface area (TPSA) is 91.5 Å². The lowest BCUT2D eigenvalue weighted by atomic mass is 10.0. The lowest BCUT2D eigenvalue weighted by molar-refractivity contribution is 0.0672. The molecule has 2 unspecified atom stereocenters. The Labute approximate surface area is 186 Å². The van der Waals surface area contributed by atoms with Crippen LogP contribution in [0.5, 0.6) is 0 Å². The molecule has 0 saturated carbocycles. The van der Waals surface area contributed by atoms with Gasteiger partial charge in [0, 0.05) is 54.2 Å². The van der Waals surface area contributed by atoms with Crippen molar-refractivity contribution in [3.05, 3.63) is 53.9 Å². The number of aliphatic hydroxyl groups is 1. The summed E-state index contributed by atoms with van der Waals surface area (Å²) in [5.74, 6) is 1.67. The molecule has 9 heteroatoms. The number of aromatic nitrogens is 2. The minimum atomic E-state index is -1.10. The maximum absolute atomic E-state index is 12.2. The van der Waals surface area contributed by atoms with E-state index in [2.05, 4.69) is 20.7 Å². The standard InChI is InChI=1S/C19H29N5O2S.HI/c1-4-20-18(22-15-19(2,25)17-12-23-24(3)13-17)21-10-11-27(26)14-16-8-6-5-7-9-16;/h5-9,12-13,25H,4,10-11,14-15H2,1-3H3,(H2,20,21,22);1H. The van der Waals surface area contributed by atoms with Crippen LogP contribution in [0.25, 0.3) is 0 Å². The van der Waals surface area contributed by atoms with Gasteiger partial charge in [-0.25, -0.2) is 4.99 Å². The number of hydrogen-bond donors (Lipinski definition) is 3. The molecule has 1 aromatic carbocycles. The maximum Gasteiger partial charge on any atom is 0.191 e. The van der Waals surface area contributed by atoms with Crippen molar-refractivity contribution in [1.82, 2.24) is 20.4 Å². The average Bonchev–Trinajstić information content (AvgIpc) is 3.08. The molecule has 0 fully saturated rings. The minimum Gasteiger partial charge on any atom is -0.383 e. The first-order chi connectivity index (χ1) is 12.9. The molecule has 0 aliphatic heterocycles. The summed E-state index contributed by atoms with van der Waals surface area (Å²) in [4.78, 5) is 4.46. The van der Waals surface area contributed by atoms with Gasteiger partial charge in [-0.15, -0.1) is 24.0 Å². The van der Waals surface area contributed by atoms with Crippen molar-refractivity contribution in [2.75, 3.05) is 25.4 Å². The van der Waals surface area contributed by atoms with Gasteiger partial charge in [0.1, 0.15) is 5.60 Å². The van der Waals surface area contributed by atoms with E-state index in [1.807, 2.05) is 44.3 Å². The second-order valence-electron chi connectivity index (χ2n) is 6.57. The lowest BCUT2D eigenvalue weighted by Crippen LogP contribution is -2.40. The summed E-state index contributed by atoms with van der Waals surface area (Å²) in [6.45, 7) is 5.13. The summed E-state index contributed by atoms with van der Waals surface area (Å²) in [5, 5.41) is 21.0. The monoisotopic (exact) mass is 519 g/mol. The summed E-state index contributed by atoms with van der Waals surface area (Å²) < 4.78 is 13.9. The van der Waals surface area contributed by atoms with E-state index in [0.717, 1.165) is 5.56 Å². The van der Waals surface area contributed by atoms with Gasteiger partial charge >= 0.3 is 0 Å². The van der Waals surface area contributed by atoms with Crippen LogP contribution in [0.4, 0.5) is 0 Å². The van der Waals surface area contributed by atoms with Crippen LogP contribution < -0.4 is 10.6 Å². The third-order valence-electron chi connectivity index (χ3n) is 4.01.